The molecule has 1 rings (SSSR count). The van der Waals surface area contributed by atoms with E-state index in [1.165, 1.54) is 0 Å². The molecule has 0 aromatic carbocycles. The quantitative estimate of drug-likeness (QED) is 0.703. The second-order valence-corrected chi connectivity index (χ2v) is 5.39. The van der Waals surface area contributed by atoms with Crippen molar-refractivity contribution in [1.29, 1.82) is 0 Å². The fraction of sp³-hybridized carbons (Fsp3) is 0.929. The van der Waals surface area contributed by atoms with E-state index in [1.807, 2.05) is 20.8 Å². The standard InChI is InChI=1S/C14H27NO4/c1-4-18-14(17)12-6-5-7-15(8-12)9-13(16)10-19-11(2)3/h11-13,16H,4-10H2,1-3H3/t12-,13+/m0/s1. The molecule has 0 spiro atoms. The summed E-state index contributed by atoms with van der Waals surface area (Å²) in [5.41, 5.74) is 0. The summed E-state index contributed by atoms with van der Waals surface area (Å²) in [6.45, 7) is 8.66. The molecule has 0 amide bonds. The highest BCUT2D eigenvalue weighted by Gasteiger charge is 2.27. The largest absolute Gasteiger partial charge is 0.466 e. The molecule has 0 aliphatic carbocycles. The van der Waals surface area contributed by atoms with Crippen LogP contribution < -0.4 is 0 Å². The van der Waals surface area contributed by atoms with Gasteiger partial charge in [0.2, 0.25) is 0 Å². The van der Waals surface area contributed by atoms with E-state index in [-0.39, 0.29) is 18.0 Å². The summed E-state index contributed by atoms with van der Waals surface area (Å²) >= 11 is 0. The number of aliphatic hydroxyl groups excluding tert-OH is 1. The molecule has 1 N–H and O–H groups in total. The number of hydrogen-bond acceptors (Lipinski definition) is 5. The van der Waals surface area contributed by atoms with E-state index < -0.39 is 6.10 Å². The number of piperidine rings is 1. The number of hydrogen-bond donors (Lipinski definition) is 1. The molecule has 0 aromatic rings. The van der Waals surface area contributed by atoms with Gasteiger partial charge in [-0.05, 0) is 40.2 Å². The predicted molar refractivity (Wildman–Crippen MR) is 72.9 cm³/mol. The zero-order valence-corrected chi connectivity index (χ0v) is 12.3. The predicted octanol–water partition coefficient (Wildman–Crippen LogP) is 1.05. The summed E-state index contributed by atoms with van der Waals surface area (Å²) in [6.07, 6.45) is 1.49. The van der Waals surface area contributed by atoms with Crippen molar-refractivity contribution in [2.24, 2.45) is 5.92 Å². The lowest BCUT2D eigenvalue weighted by molar-refractivity contribution is -0.150. The van der Waals surface area contributed by atoms with Gasteiger partial charge >= 0.3 is 5.97 Å². The monoisotopic (exact) mass is 273 g/mol. The minimum atomic E-state index is -0.497. The molecule has 1 aliphatic rings. The number of carbonyl (C=O) groups excluding carboxylic acids is 1. The highest BCUT2D eigenvalue weighted by molar-refractivity contribution is 5.72. The second kappa shape index (κ2) is 8.51. The van der Waals surface area contributed by atoms with Crippen LogP contribution in [0.1, 0.15) is 33.6 Å². The van der Waals surface area contributed by atoms with Gasteiger partial charge in [0.1, 0.15) is 0 Å². The maximum Gasteiger partial charge on any atom is 0.310 e. The first-order chi connectivity index (χ1) is 9.02. The summed E-state index contributed by atoms with van der Waals surface area (Å²) < 4.78 is 10.5. The van der Waals surface area contributed by atoms with Crippen molar-refractivity contribution in [3.05, 3.63) is 0 Å². The Bertz CT molecular complexity index is 270. The summed E-state index contributed by atoms with van der Waals surface area (Å²) in [5, 5.41) is 9.90. The summed E-state index contributed by atoms with van der Waals surface area (Å²) in [6, 6.07) is 0. The van der Waals surface area contributed by atoms with Crippen LogP contribution in [0.5, 0.6) is 0 Å². The first kappa shape index (κ1) is 16.4. The van der Waals surface area contributed by atoms with Crippen molar-refractivity contribution in [3.8, 4) is 0 Å². The topological polar surface area (TPSA) is 59.0 Å². The van der Waals surface area contributed by atoms with Gasteiger partial charge in [-0.3, -0.25) is 9.69 Å². The first-order valence-electron chi connectivity index (χ1n) is 7.21. The van der Waals surface area contributed by atoms with E-state index in [0.29, 0.717) is 26.3 Å². The highest BCUT2D eigenvalue weighted by atomic mass is 16.5. The molecule has 1 saturated heterocycles. The van der Waals surface area contributed by atoms with Crippen LogP contribution in [0.2, 0.25) is 0 Å². The summed E-state index contributed by atoms with van der Waals surface area (Å²) in [7, 11) is 0. The Balaban J connectivity index is 2.32. The molecule has 112 valence electrons. The fourth-order valence-electron chi connectivity index (χ4n) is 2.33. The zero-order valence-electron chi connectivity index (χ0n) is 12.3. The molecule has 2 atom stereocenters. The fourth-order valence-corrected chi connectivity index (χ4v) is 2.33. The maximum atomic E-state index is 11.7. The van der Waals surface area contributed by atoms with Crippen LogP contribution in [0, 0.1) is 5.92 Å². The number of rotatable bonds is 7. The third-order valence-electron chi connectivity index (χ3n) is 3.22. The van der Waals surface area contributed by atoms with Crippen molar-refractivity contribution in [1.82, 2.24) is 4.90 Å². The number of aliphatic hydroxyl groups is 1. The maximum absolute atomic E-state index is 11.7. The molecule has 19 heavy (non-hydrogen) atoms. The molecule has 5 nitrogen and oxygen atoms in total. The zero-order chi connectivity index (χ0) is 14.3. The van der Waals surface area contributed by atoms with Gasteiger partial charge in [0.15, 0.2) is 0 Å². The van der Waals surface area contributed by atoms with Crippen molar-refractivity contribution < 1.29 is 19.4 Å². The van der Waals surface area contributed by atoms with E-state index in [2.05, 4.69) is 4.90 Å². The molecule has 1 heterocycles. The second-order valence-electron chi connectivity index (χ2n) is 5.39. The Kier molecular flexibility index (Phi) is 7.34. The number of nitrogens with zero attached hydrogens (tertiary/aromatic N) is 1. The smallest absolute Gasteiger partial charge is 0.310 e. The Morgan fingerprint density at radius 2 is 2.21 bits per heavy atom. The number of β-amino-alcohol motifs (C(OH)–C–C–N with tert-alkyl or cyclic N) is 1. The first-order valence-corrected chi connectivity index (χ1v) is 7.21. The van der Waals surface area contributed by atoms with Gasteiger partial charge in [-0.2, -0.15) is 0 Å². The Hall–Kier alpha value is -0.650. The van der Waals surface area contributed by atoms with Gasteiger partial charge in [0.05, 0.1) is 31.3 Å². The van der Waals surface area contributed by atoms with Crippen LogP contribution >= 0.6 is 0 Å². The molecule has 0 saturated carbocycles. The number of likely N-dealkylation sites (tertiary alicyclic amines) is 1. The van der Waals surface area contributed by atoms with Crippen molar-refractivity contribution in [2.75, 3.05) is 32.8 Å². The van der Waals surface area contributed by atoms with Crippen LogP contribution in [-0.2, 0) is 14.3 Å². The molecule has 0 unspecified atom stereocenters. The molecular weight excluding hydrogens is 246 g/mol. The Morgan fingerprint density at radius 3 is 2.84 bits per heavy atom. The molecule has 0 bridgehead atoms. The van der Waals surface area contributed by atoms with Crippen LogP contribution in [0.3, 0.4) is 0 Å². The average Bonchev–Trinajstić information content (AvgIpc) is 2.37. The van der Waals surface area contributed by atoms with Crippen molar-refractivity contribution in [2.45, 2.75) is 45.8 Å². The lowest BCUT2D eigenvalue weighted by Crippen LogP contribution is -2.44. The normalized spacial score (nSPS) is 22.5. The molecular formula is C14H27NO4. The number of carbonyl (C=O) groups is 1. The van der Waals surface area contributed by atoms with Crippen LogP contribution in [0.15, 0.2) is 0 Å². The summed E-state index contributed by atoms with van der Waals surface area (Å²) in [4.78, 5) is 13.8. The highest BCUT2D eigenvalue weighted by Crippen LogP contribution is 2.18. The summed E-state index contributed by atoms with van der Waals surface area (Å²) in [5.74, 6) is -0.160. The molecule has 0 radical (unpaired) electrons. The molecule has 1 aliphatic heterocycles. The molecule has 0 aromatic heterocycles. The third-order valence-corrected chi connectivity index (χ3v) is 3.22. The van der Waals surface area contributed by atoms with E-state index in [4.69, 9.17) is 9.47 Å². The minimum absolute atomic E-state index is 0.0492. The van der Waals surface area contributed by atoms with E-state index in [9.17, 15) is 9.90 Å². The van der Waals surface area contributed by atoms with Crippen LogP contribution in [0.4, 0.5) is 0 Å². The van der Waals surface area contributed by atoms with Gasteiger partial charge in [-0.1, -0.05) is 0 Å². The number of esters is 1. The third kappa shape index (κ3) is 6.36. The van der Waals surface area contributed by atoms with Crippen LogP contribution in [-0.4, -0.2) is 61.0 Å². The SMILES string of the molecule is CCOC(=O)[C@H]1CCCN(C[C@@H](O)COC(C)C)C1. The minimum Gasteiger partial charge on any atom is -0.466 e. The van der Waals surface area contributed by atoms with Gasteiger partial charge in [-0.25, -0.2) is 0 Å². The Morgan fingerprint density at radius 1 is 1.47 bits per heavy atom. The Labute approximate surface area is 115 Å². The lowest BCUT2D eigenvalue weighted by Gasteiger charge is -2.32. The van der Waals surface area contributed by atoms with Crippen LogP contribution in [0.25, 0.3) is 0 Å². The van der Waals surface area contributed by atoms with E-state index in [0.717, 1.165) is 19.4 Å². The van der Waals surface area contributed by atoms with Gasteiger partial charge in [0.25, 0.3) is 0 Å². The van der Waals surface area contributed by atoms with Gasteiger partial charge in [0, 0.05) is 13.1 Å². The van der Waals surface area contributed by atoms with E-state index >= 15 is 0 Å². The lowest BCUT2D eigenvalue weighted by atomic mass is 9.98. The average molecular weight is 273 g/mol. The van der Waals surface area contributed by atoms with E-state index in [1.54, 1.807) is 0 Å². The van der Waals surface area contributed by atoms with Gasteiger partial charge < -0.3 is 14.6 Å². The van der Waals surface area contributed by atoms with Crippen molar-refractivity contribution in [3.63, 3.8) is 0 Å². The molecule has 5 heteroatoms. The van der Waals surface area contributed by atoms with Gasteiger partial charge in [-0.15, -0.1) is 0 Å². The van der Waals surface area contributed by atoms with Crippen molar-refractivity contribution >= 4 is 5.97 Å². The molecule has 1 fully saturated rings. The number of ether oxygens (including phenoxy) is 2.